The number of rotatable bonds is 7. The third kappa shape index (κ3) is 4.97. The van der Waals surface area contributed by atoms with Gasteiger partial charge in [-0.25, -0.2) is 9.19 Å². The molecule has 0 amide bonds. The van der Waals surface area contributed by atoms with Gasteiger partial charge < -0.3 is 5.32 Å². The Morgan fingerprint density at radius 3 is 2.70 bits per heavy atom. The first-order valence-corrected chi connectivity index (χ1v) is 8.36. The molecule has 0 aromatic carbocycles. The van der Waals surface area contributed by atoms with Crippen LogP contribution >= 0.6 is 23.2 Å². The summed E-state index contributed by atoms with van der Waals surface area (Å²) in [7, 11) is 0.485. The highest BCUT2D eigenvalue weighted by Gasteiger charge is 2.29. The van der Waals surface area contributed by atoms with Crippen LogP contribution < -0.4 is 10.5 Å². The molecule has 1 heterocycles. The fourth-order valence-corrected chi connectivity index (χ4v) is 2.88. The summed E-state index contributed by atoms with van der Waals surface area (Å²) < 4.78 is 11.2. The summed E-state index contributed by atoms with van der Waals surface area (Å²) >= 11 is 12.2. The molecule has 0 aliphatic rings. The second kappa shape index (κ2) is 7.71. The lowest BCUT2D eigenvalue weighted by Crippen LogP contribution is -2.34. The van der Waals surface area contributed by atoms with E-state index in [1.807, 2.05) is 27.0 Å². The summed E-state index contributed by atoms with van der Waals surface area (Å²) in [6, 6.07) is 1.83. The molecule has 0 aliphatic heterocycles. The summed E-state index contributed by atoms with van der Waals surface area (Å²) in [4.78, 5) is 4.09. The van der Waals surface area contributed by atoms with Crippen molar-refractivity contribution in [2.45, 2.75) is 37.4 Å². The van der Waals surface area contributed by atoms with Gasteiger partial charge in [-0.15, -0.1) is 0 Å². The van der Waals surface area contributed by atoms with Gasteiger partial charge in [0.05, 0.1) is 20.8 Å². The molecule has 2 atom stereocenters. The van der Waals surface area contributed by atoms with Crippen molar-refractivity contribution in [1.29, 1.82) is 0 Å². The number of nitrogens with one attached hydrogen (secondary N) is 1. The van der Waals surface area contributed by atoms with Crippen molar-refractivity contribution in [1.82, 2.24) is 10.3 Å². The average Bonchev–Trinajstić information content (AvgIpc) is 2.37. The topological polar surface area (TPSA) is 68.0 Å². The summed E-state index contributed by atoms with van der Waals surface area (Å²) in [5, 5.41) is 9.67. The smallest absolute Gasteiger partial charge is 0.132 e. The van der Waals surface area contributed by atoms with E-state index in [1.165, 1.54) is 6.20 Å². The lowest BCUT2D eigenvalue weighted by Gasteiger charge is -2.28. The van der Waals surface area contributed by atoms with Crippen LogP contribution in [0.15, 0.2) is 12.3 Å². The molecule has 0 radical (unpaired) electrons. The van der Waals surface area contributed by atoms with E-state index in [0.29, 0.717) is 16.6 Å². The molecule has 7 heteroatoms. The van der Waals surface area contributed by atoms with E-state index in [4.69, 9.17) is 28.3 Å². The zero-order chi connectivity index (χ0) is 15.3. The van der Waals surface area contributed by atoms with Gasteiger partial charge in [0.15, 0.2) is 0 Å². The summed E-state index contributed by atoms with van der Waals surface area (Å²) in [6.07, 6.45) is 3.02. The second-order valence-electron chi connectivity index (χ2n) is 5.38. The lowest BCUT2D eigenvalue weighted by atomic mass is 9.88. The Labute approximate surface area is 133 Å². The SMILES string of the molecule is CNCC[C@@H](CC(C)(C)S(N)=O)c1cc(Cl)cnc1Cl. The van der Waals surface area contributed by atoms with Gasteiger partial charge in [0, 0.05) is 6.20 Å². The van der Waals surface area contributed by atoms with Crippen LogP contribution in [0.3, 0.4) is 0 Å². The molecule has 1 aromatic heterocycles. The molecular weight excluding hydrogens is 317 g/mol. The second-order valence-corrected chi connectivity index (χ2v) is 7.88. The van der Waals surface area contributed by atoms with E-state index in [9.17, 15) is 4.21 Å². The normalized spacial score (nSPS) is 15.1. The van der Waals surface area contributed by atoms with Crippen LogP contribution in [0.25, 0.3) is 0 Å². The molecule has 20 heavy (non-hydrogen) atoms. The molecule has 114 valence electrons. The van der Waals surface area contributed by atoms with Crippen LogP contribution in [0.4, 0.5) is 0 Å². The molecule has 0 fully saturated rings. The lowest BCUT2D eigenvalue weighted by molar-refractivity contribution is 0.486. The Bertz CT molecular complexity index is 483. The van der Waals surface area contributed by atoms with Crippen LogP contribution in [-0.2, 0) is 11.0 Å². The van der Waals surface area contributed by atoms with Crippen LogP contribution in [0.1, 0.15) is 38.2 Å². The van der Waals surface area contributed by atoms with Gasteiger partial charge >= 0.3 is 0 Å². The Kier molecular flexibility index (Phi) is 6.88. The highest BCUT2D eigenvalue weighted by molar-refractivity contribution is 7.84. The van der Waals surface area contributed by atoms with Gasteiger partial charge in [0.2, 0.25) is 0 Å². The van der Waals surface area contributed by atoms with Crippen molar-refractivity contribution in [3.63, 3.8) is 0 Å². The summed E-state index contributed by atoms with van der Waals surface area (Å²) in [6.45, 7) is 4.60. The number of halogens is 2. The zero-order valence-electron chi connectivity index (χ0n) is 12.0. The third-order valence-corrected chi connectivity index (χ3v) is 5.08. The molecule has 0 bridgehead atoms. The number of nitrogens with two attached hydrogens (primary N) is 1. The third-order valence-electron chi connectivity index (χ3n) is 3.30. The van der Waals surface area contributed by atoms with Crippen molar-refractivity contribution < 1.29 is 4.21 Å². The molecule has 3 N–H and O–H groups in total. The maximum atomic E-state index is 11.7. The van der Waals surface area contributed by atoms with Gasteiger partial charge in [-0.1, -0.05) is 23.2 Å². The molecule has 0 spiro atoms. The predicted octanol–water partition coefficient (Wildman–Crippen LogP) is 2.87. The largest absolute Gasteiger partial charge is 0.320 e. The zero-order valence-corrected chi connectivity index (χ0v) is 14.3. The quantitative estimate of drug-likeness (QED) is 0.751. The van der Waals surface area contributed by atoms with E-state index in [2.05, 4.69) is 10.3 Å². The van der Waals surface area contributed by atoms with Crippen LogP contribution in [0, 0.1) is 0 Å². The fraction of sp³-hybridized carbons (Fsp3) is 0.615. The summed E-state index contributed by atoms with van der Waals surface area (Å²) in [5.41, 5.74) is 0.882. The van der Waals surface area contributed by atoms with Crippen LogP contribution in [0.5, 0.6) is 0 Å². The van der Waals surface area contributed by atoms with E-state index in [-0.39, 0.29) is 5.92 Å². The predicted molar refractivity (Wildman–Crippen MR) is 86.6 cm³/mol. The number of hydrogen-bond donors (Lipinski definition) is 2. The van der Waals surface area contributed by atoms with Gasteiger partial charge in [0.25, 0.3) is 0 Å². The minimum Gasteiger partial charge on any atom is -0.320 e. The molecule has 1 unspecified atom stereocenters. The van der Waals surface area contributed by atoms with Crippen molar-refractivity contribution in [2.75, 3.05) is 13.6 Å². The maximum absolute atomic E-state index is 11.7. The number of aromatic nitrogens is 1. The van der Waals surface area contributed by atoms with Crippen molar-refractivity contribution in [3.8, 4) is 0 Å². The first-order valence-electron chi connectivity index (χ1n) is 6.39. The van der Waals surface area contributed by atoms with Crippen LogP contribution in [-0.4, -0.2) is 27.5 Å². The van der Waals surface area contributed by atoms with Gasteiger partial charge in [-0.3, -0.25) is 5.14 Å². The maximum Gasteiger partial charge on any atom is 0.132 e. The average molecular weight is 338 g/mol. The van der Waals surface area contributed by atoms with E-state index in [0.717, 1.165) is 18.5 Å². The Morgan fingerprint density at radius 1 is 1.50 bits per heavy atom. The minimum absolute atomic E-state index is 0.101. The molecule has 0 saturated carbocycles. The number of nitrogens with zero attached hydrogens (tertiary/aromatic N) is 1. The molecular formula is C13H21Cl2N3OS. The standard InChI is InChI=1S/C13H21Cl2N3OS/c1-13(2,20(16)19)7-9(4-5-17-3)11-6-10(14)8-18-12(11)15/h6,8-9,17H,4-5,7,16H2,1-3H3/t9-,20?/m0/s1. The molecule has 0 aliphatic carbocycles. The first-order chi connectivity index (χ1) is 9.27. The Balaban J connectivity index is 3.05. The highest BCUT2D eigenvalue weighted by Crippen LogP contribution is 2.35. The van der Waals surface area contributed by atoms with E-state index < -0.39 is 15.7 Å². The molecule has 0 saturated heterocycles. The number of hydrogen-bond acceptors (Lipinski definition) is 3. The van der Waals surface area contributed by atoms with Gasteiger partial charge in [-0.05, 0) is 57.8 Å². The van der Waals surface area contributed by atoms with Crippen molar-refractivity contribution >= 4 is 34.2 Å². The highest BCUT2D eigenvalue weighted by atomic mass is 35.5. The Morgan fingerprint density at radius 2 is 2.15 bits per heavy atom. The van der Waals surface area contributed by atoms with Crippen molar-refractivity contribution in [2.24, 2.45) is 5.14 Å². The molecule has 1 rings (SSSR count). The van der Waals surface area contributed by atoms with Crippen molar-refractivity contribution in [3.05, 3.63) is 28.0 Å². The fourth-order valence-electron chi connectivity index (χ4n) is 2.09. The van der Waals surface area contributed by atoms with Crippen LogP contribution in [0.2, 0.25) is 10.2 Å². The summed E-state index contributed by atoms with van der Waals surface area (Å²) in [5.74, 6) is 0.101. The van der Waals surface area contributed by atoms with E-state index >= 15 is 0 Å². The number of pyridine rings is 1. The molecule has 1 aromatic rings. The Hall–Kier alpha value is -0.200. The molecule has 4 nitrogen and oxygen atoms in total. The monoisotopic (exact) mass is 337 g/mol. The van der Waals surface area contributed by atoms with E-state index in [1.54, 1.807) is 0 Å². The minimum atomic E-state index is -1.40. The van der Waals surface area contributed by atoms with Gasteiger partial charge in [-0.2, -0.15) is 0 Å². The van der Waals surface area contributed by atoms with Gasteiger partial charge in [0.1, 0.15) is 5.15 Å². The first kappa shape index (κ1) is 17.9.